The molecule has 0 unspecified atom stereocenters. The van der Waals surface area contributed by atoms with Gasteiger partial charge in [-0.2, -0.15) is 0 Å². The Morgan fingerprint density at radius 3 is 2.50 bits per heavy atom. The van der Waals surface area contributed by atoms with Gasteiger partial charge in [0.05, 0.1) is 10.6 Å². The zero-order valence-electron chi connectivity index (χ0n) is 15.0. The van der Waals surface area contributed by atoms with E-state index in [1.807, 2.05) is 46.7 Å². The molecule has 0 spiro atoms. The second-order valence-electron chi connectivity index (χ2n) is 6.47. The van der Waals surface area contributed by atoms with Gasteiger partial charge in [-0.05, 0) is 12.1 Å². The van der Waals surface area contributed by atoms with Crippen LogP contribution in [0, 0.1) is 10.1 Å². The van der Waals surface area contributed by atoms with Crippen molar-refractivity contribution in [3.05, 3.63) is 75.7 Å². The van der Waals surface area contributed by atoms with Gasteiger partial charge in [0.25, 0.3) is 11.6 Å². The Morgan fingerprint density at radius 2 is 1.79 bits per heavy atom. The first-order valence-corrected chi connectivity index (χ1v) is 9.79. The van der Waals surface area contributed by atoms with E-state index in [-0.39, 0.29) is 11.6 Å². The molecule has 0 atom stereocenters. The van der Waals surface area contributed by atoms with Crippen LogP contribution in [0.2, 0.25) is 0 Å². The van der Waals surface area contributed by atoms with Crippen LogP contribution in [0.5, 0.6) is 0 Å². The van der Waals surface area contributed by atoms with Crippen molar-refractivity contribution in [2.45, 2.75) is 0 Å². The summed E-state index contributed by atoms with van der Waals surface area (Å²) in [6.45, 7) is 2.69. The molecule has 142 valence electrons. The number of hydrogen-bond donors (Lipinski definition) is 0. The summed E-state index contributed by atoms with van der Waals surface area (Å²) in [5.74, 6) is 0.0525. The smallest absolute Gasteiger partial charge is 0.270 e. The van der Waals surface area contributed by atoms with Crippen LogP contribution in [0.15, 0.2) is 60.0 Å². The molecule has 0 radical (unpaired) electrons. The van der Waals surface area contributed by atoms with Gasteiger partial charge in [0.1, 0.15) is 0 Å². The molecule has 1 amide bonds. The molecule has 1 fully saturated rings. The SMILES string of the molecule is O=C(c1ccccc1)N1CCN(c2nc(-c3cccc([N+](=O)[O-])c3)cs2)CC1. The van der Waals surface area contributed by atoms with Crippen LogP contribution in [0.1, 0.15) is 10.4 Å². The highest BCUT2D eigenvalue weighted by atomic mass is 32.1. The van der Waals surface area contributed by atoms with Gasteiger partial charge in [0, 0.05) is 54.8 Å². The molecular formula is C20H18N4O3S. The van der Waals surface area contributed by atoms with Gasteiger partial charge in [-0.25, -0.2) is 4.98 Å². The van der Waals surface area contributed by atoms with E-state index in [2.05, 4.69) is 9.88 Å². The summed E-state index contributed by atoms with van der Waals surface area (Å²) >= 11 is 1.51. The maximum absolute atomic E-state index is 12.6. The van der Waals surface area contributed by atoms with Crippen LogP contribution in [0.25, 0.3) is 11.3 Å². The summed E-state index contributed by atoms with van der Waals surface area (Å²) in [6, 6.07) is 15.8. The van der Waals surface area contributed by atoms with Gasteiger partial charge < -0.3 is 9.80 Å². The molecule has 0 N–H and O–H groups in total. The number of carbonyl (C=O) groups excluding carboxylic acids is 1. The van der Waals surface area contributed by atoms with Crippen LogP contribution in [-0.2, 0) is 0 Å². The predicted octanol–water partition coefficient (Wildman–Crippen LogP) is 3.68. The predicted molar refractivity (Wildman–Crippen MR) is 109 cm³/mol. The average molecular weight is 394 g/mol. The van der Waals surface area contributed by atoms with Gasteiger partial charge in [-0.1, -0.05) is 30.3 Å². The standard InChI is InChI=1S/C20H18N4O3S/c25-19(15-5-2-1-3-6-15)22-9-11-23(12-10-22)20-21-18(14-28-20)16-7-4-8-17(13-16)24(26)27/h1-8,13-14H,9-12H2. The Balaban J connectivity index is 1.43. The first-order valence-electron chi connectivity index (χ1n) is 8.91. The third-order valence-corrected chi connectivity index (χ3v) is 5.60. The maximum Gasteiger partial charge on any atom is 0.270 e. The summed E-state index contributed by atoms with van der Waals surface area (Å²) in [7, 11) is 0. The Kier molecular flexibility index (Phi) is 5.03. The minimum atomic E-state index is -0.403. The number of piperazine rings is 1. The van der Waals surface area contributed by atoms with Crippen molar-refractivity contribution in [1.29, 1.82) is 0 Å². The summed E-state index contributed by atoms with van der Waals surface area (Å²) in [4.78, 5) is 31.8. The Morgan fingerprint density at radius 1 is 1.04 bits per heavy atom. The lowest BCUT2D eigenvalue weighted by molar-refractivity contribution is -0.384. The zero-order chi connectivity index (χ0) is 19.5. The lowest BCUT2D eigenvalue weighted by Crippen LogP contribution is -2.48. The fourth-order valence-corrected chi connectivity index (χ4v) is 4.07. The van der Waals surface area contributed by atoms with Crippen molar-refractivity contribution < 1.29 is 9.72 Å². The topological polar surface area (TPSA) is 79.6 Å². The highest BCUT2D eigenvalue weighted by Crippen LogP contribution is 2.30. The largest absolute Gasteiger partial charge is 0.345 e. The molecule has 7 nitrogen and oxygen atoms in total. The van der Waals surface area contributed by atoms with Crippen molar-refractivity contribution in [3.63, 3.8) is 0 Å². The van der Waals surface area contributed by atoms with E-state index in [9.17, 15) is 14.9 Å². The molecule has 3 aromatic rings. The minimum Gasteiger partial charge on any atom is -0.345 e. The third kappa shape index (κ3) is 3.72. The molecule has 1 saturated heterocycles. The van der Waals surface area contributed by atoms with Crippen molar-refractivity contribution in [3.8, 4) is 11.3 Å². The number of carbonyl (C=O) groups is 1. The molecule has 28 heavy (non-hydrogen) atoms. The van der Waals surface area contributed by atoms with Crippen LogP contribution < -0.4 is 4.90 Å². The van der Waals surface area contributed by atoms with Gasteiger partial charge in [0.2, 0.25) is 0 Å². The normalized spacial score (nSPS) is 14.1. The van der Waals surface area contributed by atoms with Crippen LogP contribution in [0.4, 0.5) is 10.8 Å². The van der Waals surface area contributed by atoms with Crippen molar-refractivity contribution >= 4 is 28.1 Å². The summed E-state index contributed by atoms with van der Waals surface area (Å²) in [5.41, 5.74) is 2.22. The van der Waals surface area contributed by atoms with Gasteiger partial charge in [-0.3, -0.25) is 14.9 Å². The molecule has 0 aliphatic carbocycles. The van der Waals surface area contributed by atoms with Gasteiger partial charge in [-0.15, -0.1) is 11.3 Å². The molecule has 0 bridgehead atoms. The monoisotopic (exact) mass is 394 g/mol. The first-order chi connectivity index (χ1) is 13.6. The highest BCUT2D eigenvalue weighted by Gasteiger charge is 2.23. The number of thiazole rings is 1. The Bertz CT molecular complexity index is 997. The molecule has 1 aliphatic heterocycles. The molecule has 2 heterocycles. The second-order valence-corrected chi connectivity index (χ2v) is 7.30. The third-order valence-electron chi connectivity index (χ3n) is 4.70. The minimum absolute atomic E-state index is 0.0525. The van der Waals surface area contributed by atoms with E-state index in [4.69, 9.17) is 0 Å². The quantitative estimate of drug-likeness (QED) is 0.498. The Hall–Kier alpha value is -3.26. The van der Waals surface area contributed by atoms with Gasteiger partial charge in [0.15, 0.2) is 5.13 Å². The van der Waals surface area contributed by atoms with E-state index < -0.39 is 4.92 Å². The maximum atomic E-state index is 12.6. The first kappa shape index (κ1) is 18.1. The lowest BCUT2D eigenvalue weighted by Gasteiger charge is -2.34. The molecule has 2 aromatic carbocycles. The van der Waals surface area contributed by atoms with E-state index in [0.29, 0.717) is 31.7 Å². The average Bonchev–Trinajstić information content (AvgIpc) is 3.24. The molecular weight excluding hydrogens is 376 g/mol. The molecule has 0 saturated carbocycles. The number of aromatic nitrogens is 1. The Labute approximate surface area is 166 Å². The summed E-state index contributed by atoms with van der Waals surface area (Å²) < 4.78 is 0. The van der Waals surface area contributed by atoms with E-state index in [1.54, 1.807) is 6.07 Å². The van der Waals surface area contributed by atoms with E-state index in [0.717, 1.165) is 16.4 Å². The molecule has 1 aliphatic rings. The van der Waals surface area contributed by atoms with Crippen LogP contribution in [-0.4, -0.2) is 46.9 Å². The number of amides is 1. The fraction of sp³-hybridized carbons (Fsp3) is 0.200. The van der Waals surface area contributed by atoms with E-state index in [1.165, 1.54) is 23.5 Å². The van der Waals surface area contributed by atoms with Crippen LogP contribution >= 0.6 is 11.3 Å². The number of nitro benzene ring substituents is 1. The fourth-order valence-electron chi connectivity index (χ4n) is 3.19. The highest BCUT2D eigenvalue weighted by molar-refractivity contribution is 7.14. The number of benzene rings is 2. The van der Waals surface area contributed by atoms with Crippen molar-refractivity contribution in [2.75, 3.05) is 31.1 Å². The number of nitro groups is 1. The zero-order valence-corrected chi connectivity index (χ0v) is 15.8. The second kappa shape index (κ2) is 7.77. The summed E-state index contributed by atoms with van der Waals surface area (Å²) in [6.07, 6.45) is 0. The van der Waals surface area contributed by atoms with Crippen LogP contribution in [0.3, 0.4) is 0 Å². The summed E-state index contributed by atoms with van der Waals surface area (Å²) in [5, 5.41) is 13.8. The van der Waals surface area contributed by atoms with Gasteiger partial charge >= 0.3 is 0 Å². The number of hydrogen-bond acceptors (Lipinski definition) is 6. The lowest BCUT2D eigenvalue weighted by atomic mass is 10.1. The van der Waals surface area contributed by atoms with Crippen molar-refractivity contribution in [2.24, 2.45) is 0 Å². The number of non-ortho nitro benzene ring substituents is 1. The molecule has 1 aromatic heterocycles. The van der Waals surface area contributed by atoms with E-state index >= 15 is 0 Å². The molecule has 4 rings (SSSR count). The number of rotatable bonds is 4. The number of nitrogens with zero attached hydrogens (tertiary/aromatic N) is 4. The van der Waals surface area contributed by atoms with Crippen molar-refractivity contribution in [1.82, 2.24) is 9.88 Å². The number of anilines is 1. The molecule has 8 heteroatoms.